The quantitative estimate of drug-likeness (QED) is 0.0770. The van der Waals surface area contributed by atoms with Crippen molar-refractivity contribution in [3.63, 3.8) is 0 Å². The van der Waals surface area contributed by atoms with Crippen molar-refractivity contribution in [1.29, 1.82) is 5.41 Å². The molecule has 1 aliphatic carbocycles. The van der Waals surface area contributed by atoms with Gasteiger partial charge in [0.05, 0.1) is 12.1 Å². The first-order valence-corrected chi connectivity index (χ1v) is 14.1. The molecule has 0 saturated heterocycles. The molecule has 13 nitrogen and oxygen atoms in total. The fourth-order valence-corrected chi connectivity index (χ4v) is 4.23. The number of aryl methyl sites for hydroxylation is 1. The second kappa shape index (κ2) is 17.5. The van der Waals surface area contributed by atoms with Crippen LogP contribution in [-0.2, 0) is 9.59 Å². The summed E-state index contributed by atoms with van der Waals surface area (Å²) in [6.45, 7) is 2.68. The van der Waals surface area contributed by atoms with Crippen LogP contribution in [0.15, 0.2) is 48.5 Å². The number of ether oxygens (including phenoxy) is 1. The number of anilines is 1. The molecular weight excluding hydrogens is 656 g/mol. The topological polar surface area (TPSA) is 213 Å². The number of carboxylic acid groups (broad SMARTS) is 2. The Morgan fingerprint density at radius 1 is 0.938 bits per heavy atom. The van der Waals surface area contributed by atoms with E-state index in [9.17, 15) is 31.1 Å². The molecule has 0 radical (unpaired) electrons. The van der Waals surface area contributed by atoms with Gasteiger partial charge in [-0.05, 0) is 44.0 Å². The first kappa shape index (κ1) is 38.8. The highest BCUT2D eigenvalue weighted by atomic mass is 19.4. The number of amides is 1. The van der Waals surface area contributed by atoms with Crippen LogP contribution in [0.25, 0.3) is 10.9 Å². The number of aliphatic carboxylic acids is 2. The predicted molar refractivity (Wildman–Crippen MR) is 161 cm³/mol. The van der Waals surface area contributed by atoms with E-state index in [2.05, 4.69) is 25.9 Å². The Kier molecular flexibility index (Phi) is 14.2. The van der Waals surface area contributed by atoms with E-state index < -0.39 is 24.3 Å². The van der Waals surface area contributed by atoms with E-state index in [0.29, 0.717) is 24.5 Å². The smallest absolute Gasteiger partial charge is 0.490 e. The summed E-state index contributed by atoms with van der Waals surface area (Å²) in [6.07, 6.45) is -6.19. The van der Waals surface area contributed by atoms with Crippen molar-refractivity contribution in [2.24, 2.45) is 5.73 Å². The number of hydrogen-bond donors (Lipinski definition) is 7. The second-order valence-corrected chi connectivity index (χ2v) is 10.1. The molecule has 262 valence electrons. The maximum atomic E-state index is 12.8. The van der Waals surface area contributed by atoms with Gasteiger partial charge in [-0.15, -0.1) is 0 Å². The average molecular weight is 690 g/mol. The largest absolute Gasteiger partial charge is 0.492 e. The van der Waals surface area contributed by atoms with Gasteiger partial charge in [0.15, 0.2) is 5.96 Å². The van der Waals surface area contributed by atoms with Gasteiger partial charge in [-0.3, -0.25) is 10.2 Å². The molecule has 0 aliphatic heterocycles. The first-order chi connectivity index (χ1) is 22.4. The van der Waals surface area contributed by atoms with Gasteiger partial charge in [0.1, 0.15) is 18.2 Å². The highest BCUT2D eigenvalue weighted by Crippen LogP contribution is 2.27. The number of para-hydroxylation sites is 1. The lowest BCUT2D eigenvalue weighted by atomic mass is 9.90. The molecule has 1 aromatic heterocycles. The molecule has 48 heavy (non-hydrogen) atoms. The van der Waals surface area contributed by atoms with E-state index >= 15 is 0 Å². The molecule has 0 spiro atoms. The van der Waals surface area contributed by atoms with Crippen molar-refractivity contribution >= 4 is 40.5 Å². The number of nitrogens with one attached hydrogen (secondary N) is 4. The van der Waals surface area contributed by atoms with E-state index in [4.69, 9.17) is 35.7 Å². The molecule has 1 amide bonds. The van der Waals surface area contributed by atoms with Crippen molar-refractivity contribution in [2.45, 2.75) is 57.0 Å². The number of guanidine groups is 1. The van der Waals surface area contributed by atoms with Crippen LogP contribution in [-0.4, -0.2) is 81.6 Å². The van der Waals surface area contributed by atoms with Crippen molar-refractivity contribution in [1.82, 2.24) is 20.6 Å². The number of nitrogens with two attached hydrogens (primary N) is 1. The monoisotopic (exact) mass is 689 g/mol. The van der Waals surface area contributed by atoms with Gasteiger partial charge < -0.3 is 36.6 Å². The van der Waals surface area contributed by atoms with Crippen LogP contribution in [0.4, 0.5) is 32.2 Å². The molecular formula is C29H33F6N7O6. The molecule has 1 aliphatic rings. The third-order valence-electron chi connectivity index (χ3n) is 6.37. The lowest BCUT2D eigenvalue weighted by Crippen LogP contribution is -2.50. The van der Waals surface area contributed by atoms with Gasteiger partial charge in [-0.2, -0.15) is 26.3 Å². The van der Waals surface area contributed by atoms with E-state index in [1.807, 2.05) is 55.5 Å². The summed E-state index contributed by atoms with van der Waals surface area (Å²) in [5.74, 6) is -4.45. The Bertz CT molecular complexity index is 1530. The lowest BCUT2D eigenvalue weighted by Gasteiger charge is -2.33. The molecule has 2 aromatic carbocycles. The summed E-state index contributed by atoms with van der Waals surface area (Å²) in [5.41, 5.74) is 7.38. The van der Waals surface area contributed by atoms with Gasteiger partial charge >= 0.3 is 24.3 Å². The van der Waals surface area contributed by atoms with E-state index in [1.54, 1.807) is 0 Å². The minimum Gasteiger partial charge on any atom is -0.492 e. The minimum atomic E-state index is -5.08. The number of carbonyl (C=O) groups is 3. The number of halogens is 6. The Morgan fingerprint density at radius 3 is 2.04 bits per heavy atom. The van der Waals surface area contributed by atoms with Crippen LogP contribution in [0, 0.1) is 12.3 Å². The van der Waals surface area contributed by atoms with Crippen molar-refractivity contribution < 1.29 is 55.7 Å². The maximum Gasteiger partial charge on any atom is 0.490 e. The first-order valence-electron chi connectivity index (χ1n) is 14.1. The van der Waals surface area contributed by atoms with Crippen molar-refractivity contribution in [2.75, 3.05) is 18.5 Å². The van der Waals surface area contributed by atoms with Crippen LogP contribution < -0.4 is 26.4 Å². The molecule has 3 aromatic rings. The molecule has 1 saturated carbocycles. The SMILES string of the molecule is Cc1ccc2nc(C(=O)NCCOc3ccccc3)nc(NC3CCCCC3NC(=N)N)c2c1.O=C(O)C(F)(F)F.O=C(O)C(F)(F)F. The number of alkyl halides is 6. The predicted octanol–water partition coefficient (Wildman–Crippen LogP) is 4.22. The van der Waals surface area contributed by atoms with Gasteiger partial charge in [-0.1, -0.05) is 42.7 Å². The van der Waals surface area contributed by atoms with Crippen LogP contribution in [0.2, 0.25) is 0 Å². The fourth-order valence-electron chi connectivity index (χ4n) is 4.23. The molecule has 1 fully saturated rings. The average Bonchev–Trinajstić information content (AvgIpc) is 3.00. The summed E-state index contributed by atoms with van der Waals surface area (Å²) in [4.78, 5) is 39.7. The minimum absolute atomic E-state index is 0.0217. The highest BCUT2D eigenvalue weighted by Gasteiger charge is 2.39. The summed E-state index contributed by atoms with van der Waals surface area (Å²) in [5, 5.41) is 32.2. The van der Waals surface area contributed by atoms with Crippen molar-refractivity contribution in [3.8, 4) is 5.75 Å². The lowest BCUT2D eigenvalue weighted by molar-refractivity contribution is -0.193. The molecule has 1 heterocycles. The molecule has 8 N–H and O–H groups in total. The maximum absolute atomic E-state index is 12.8. The number of aromatic nitrogens is 2. The Balaban J connectivity index is 0.000000479. The van der Waals surface area contributed by atoms with E-state index in [0.717, 1.165) is 42.4 Å². The van der Waals surface area contributed by atoms with E-state index in [1.165, 1.54) is 0 Å². The Hall–Kier alpha value is -5.36. The third-order valence-corrected chi connectivity index (χ3v) is 6.37. The molecule has 4 rings (SSSR count). The highest BCUT2D eigenvalue weighted by molar-refractivity contribution is 5.96. The van der Waals surface area contributed by atoms with Gasteiger partial charge in [0.2, 0.25) is 5.82 Å². The summed E-state index contributed by atoms with van der Waals surface area (Å²) in [6, 6.07) is 15.4. The number of nitrogens with zero attached hydrogens (tertiary/aromatic N) is 2. The van der Waals surface area contributed by atoms with Crippen molar-refractivity contribution in [3.05, 3.63) is 59.9 Å². The standard InChI is InChI=1S/C25H31N7O2.2C2HF3O2/c1-16-11-12-19-18(15-16)22(30-20-9-5-6-10-21(20)31-25(26)27)32-23(29-19)24(33)28-13-14-34-17-7-3-2-4-8-17;2*3-2(4,5)1(6)7/h2-4,7-8,11-12,15,20-21H,5-6,9-10,13-14H2,1H3,(H,28,33)(H4,26,27,31)(H,29,30,32);2*(H,6,7). The molecule has 19 heteroatoms. The Morgan fingerprint density at radius 2 is 1.50 bits per heavy atom. The zero-order valence-corrected chi connectivity index (χ0v) is 25.3. The normalized spacial score (nSPS) is 15.8. The third kappa shape index (κ3) is 13.2. The van der Waals surface area contributed by atoms with Gasteiger partial charge in [0, 0.05) is 17.5 Å². The fraction of sp³-hybridized carbons (Fsp3) is 0.379. The zero-order chi connectivity index (χ0) is 36.1. The Labute approximate surface area is 269 Å². The molecule has 2 atom stereocenters. The van der Waals surface area contributed by atoms with Gasteiger partial charge in [-0.25, -0.2) is 19.6 Å². The van der Waals surface area contributed by atoms with Crippen LogP contribution in [0.5, 0.6) is 5.75 Å². The summed E-state index contributed by atoms with van der Waals surface area (Å²) < 4.78 is 69.1. The molecule has 0 bridgehead atoms. The molecule has 2 unspecified atom stereocenters. The number of hydrogen-bond acceptors (Lipinski definition) is 8. The number of carboxylic acids is 2. The number of fused-ring (bicyclic) bond motifs is 1. The zero-order valence-electron chi connectivity index (χ0n) is 25.3. The van der Waals surface area contributed by atoms with Crippen LogP contribution in [0.3, 0.4) is 0 Å². The number of carbonyl (C=O) groups excluding carboxylic acids is 1. The second-order valence-electron chi connectivity index (χ2n) is 10.1. The number of rotatable bonds is 8. The van der Waals surface area contributed by atoms with Gasteiger partial charge in [0.25, 0.3) is 5.91 Å². The summed E-state index contributed by atoms with van der Waals surface area (Å²) >= 11 is 0. The van der Waals surface area contributed by atoms with E-state index in [-0.39, 0.29) is 29.8 Å². The van der Waals surface area contributed by atoms with Crippen LogP contribution >= 0.6 is 0 Å². The number of benzene rings is 2. The summed E-state index contributed by atoms with van der Waals surface area (Å²) in [7, 11) is 0. The van der Waals surface area contributed by atoms with Crippen LogP contribution in [0.1, 0.15) is 41.9 Å².